The molecular formula is C25H30N4O2S. The van der Waals surface area contributed by atoms with Crippen molar-refractivity contribution < 1.29 is 9.53 Å². The number of nitrogens with zero attached hydrogens (tertiary/aromatic N) is 3. The van der Waals surface area contributed by atoms with E-state index < -0.39 is 0 Å². The van der Waals surface area contributed by atoms with E-state index in [1.807, 2.05) is 62.6 Å². The maximum Gasteiger partial charge on any atom is 0.234 e. The predicted octanol–water partition coefficient (Wildman–Crippen LogP) is 5.57. The number of carbonyl (C=O) groups is 1. The number of hydrogen-bond acceptors (Lipinski definition) is 5. The number of thioether (sulfide) groups is 1. The summed E-state index contributed by atoms with van der Waals surface area (Å²) in [6.45, 7) is 14.5. The first-order valence-electron chi connectivity index (χ1n) is 10.6. The molecule has 0 aliphatic carbocycles. The monoisotopic (exact) mass is 450 g/mol. The molecule has 0 aliphatic heterocycles. The highest BCUT2D eigenvalue weighted by molar-refractivity contribution is 7.99. The minimum Gasteiger partial charge on any atom is -0.482 e. The molecule has 0 saturated carbocycles. The van der Waals surface area contributed by atoms with Gasteiger partial charge in [-0.05, 0) is 69.5 Å². The number of nitrogens with one attached hydrogen (secondary N) is 1. The topological polar surface area (TPSA) is 69.0 Å². The van der Waals surface area contributed by atoms with Crippen LogP contribution in [0.15, 0.2) is 54.2 Å². The molecule has 0 fully saturated rings. The van der Waals surface area contributed by atoms with Crippen molar-refractivity contribution in [3.63, 3.8) is 0 Å². The lowest BCUT2D eigenvalue weighted by molar-refractivity contribution is -0.113. The Morgan fingerprint density at radius 1 is 1.12 bits per heavy atom. The maximum absolute atomic E-state index is 12.5. The zero-order chi connectivity index (χ0) is 23.3. The van der Waals surface area contributed by atoms with Gasteiger partial charge in [0.1, 0.15) is 5.75 Å². The molecule has 0 saturated heterocycles. The third kappa shape index (κ3) is 5.79. The summed E-state index contributed by atoms with van der Waals surface area (Å²) in [6, 6.07) is 12.0. The van der Waals surface area contributed by atoms with E-state index in [0.717, 1.165) is 22.6 Å². The zero-order valence-electron chi connectivity index (χ0n) is 19.3. The fourth-order valence-corrected chi connectivity index (χ4v) is 4.08. The van der Waals surface area contributed by atoms with Crippen molar-refractivity contribution in [1.29, 1.82) is 0 Å². The average Bonchev–Trinajstić information content (AvgIpc) is 3.14. The molecule has 1 unspecified atom stereocenters. The van der Waals surface area contributed by atoms with Crippen LogP contribution in [-0.2, 0) is 11.3 Å². The van der Waals surface area contributed by atoms with Gasteiger partial charge in [-0.2, -0.15) is 0 Å². The maximum atomic E-state index is 12.5. The van der Waals surface area contributed by atoms with Crippen LogP contribution in [0.2, 0.25) is 0 Å². The Morgan fingerprint density at radius 2 is 1.91 bits per heavy atom. The van der Waals surface area contributed by atoms with Gasteiger partial charge >= 0.3 is 0 Å². The molecule has 3 rings (SSSR count). The van der Waals surface area contributed by atoms with E-state index in [1.54, 1.807) is 6.08 Å². The first kappa shape index (κ1) is 23.6. The Labute approximate surface area is 194 Å². The Morgan fingerprint density at radius 3 is 2.59 bits per heavy atom. The van der Waals surface area contributed by atoms with Crippen LogP contribution in [0.4, 0.5) is 5.69 Å². The zero-order valence-corrected chi connectivity index (χ0v) is 20.1. The SMILES string of the molecule is C=CCn1c(SCC(=O)Nc2ccc(C)c(C)c2)nnc1C(C)Oc1ccc(C)cc1C. The summed E-state index contributed by atoms with van der Waals surface area (Å²) in [5, 5.41) is 12.3. The van der Waals surface area contributed by atoms with E-state index in [4.69, 9.17) is 4.74 Å². The smallest absolute Gasteiger partial charge is 0.234 e. The Hall–Kier alpha value is -3.06. The van der Waals surface area contributed by atoms with Gasteiger partial charge in [0.15, 0.2) is 17.1 Å². The number of allylic oxidation sites excluding steroid dienone is 1. The molecule has 0 bridgehead atoms. The normalized spacial score (nSPS) is 11.8. The number of amides is 1. The van der Waals surface area contributed by atoms with E-state index in [2.05, 4.69) is 35.1 Å². The van der Waals surface area contributed by atoms with Crippen LogP contribution in [0.3, 0.4) is 0 Å². The second kappa shape index (κ2) is 10.5. The molecule has 168 valence electrons. The molecule has 7 heteroatoms. The van der Waals surface area contributed by atoms with E-state index in [9.17, 15) is 4.79 Å². The predicted molar refractivity (Wildman–Crippen MR) is 130 cm³/mol. The van der Waals surface area contributed by atoms with E-state index >= 15 is 0 Å². The standard InChI is InChI=1S/C25H30N4O2S/c1-7-12-29-24(20(6)31-22-11-8-16(2)13-19(22)5)27-28-25(29)32-15-23(30)26-21-10-9-17(3)18(4)14-21/h7-11,13-14,20H,1,12,15H2,2-6H3,(H,26,30). The summed E-state index contributed by atoms with van der Waals surface area (Å²) in [5.41, 5.74) is 5.39. The molecule has 3 aromatic rings. The summed E-state index contributed by atoms with van der Waals surface area (Å²) >= 11 is 1.35. The molecule has 1 amide bonds. The minimum atomic E-state index is -0.303. The van der Waals surface area contributed by atoms with Crippen LogP contribution in [0.25, 0.3) is 0 Å². The summed E-state index contributed by atoms with van der Waals surface area (Å²) in [5.74, 6) is 1.65. The van der Waals surface area contributed by atoms with Crippen LogP contribution in [0.5, 0.6) is 5.75 Å². The molecule has 1 atom stereocenters. The second-order valence-electron chi connectivity index (χ2n) is 7.90. The van der Waals surface area contributed by atoms with Crippen molar-refractivity contribution in [3.05, 3.63) is 77.1 Å². The van der Waals surface area contributed by atoms with Crippen LogP contribution in [0, 0.1) is 27.7 Å². The van der Waals surface area contributed by atoms with Gasteiger partial charge in [-0.25, -0.2) is 0 Å². The molecule has 32 heavy (non-hydrogen) atoms. The highest BCUT2D eigenvalue weighted by Gasteiger charge is 2.20. The van der Waals surface area contributed by atoms with Gasteiger partial charge in [-0.1, -0.05) is 41.6 Å². The van der Waals surface area contributed by atoms with Crippen LogP contribution in [0.1, 0.15) is 41.1 Å². The van der Waals surface area contributed by atoms with Crippen molar-refractivity contribution in [2.45, 2.75) is 52.4 Å². The van der Waals surface area contributed by atoms with Crippen LogP contribution < -0.4 is 10.1 Å². The van der Waals surface area contributed by atoms with E-state index in [-0.39, 0.29) is 17.8 Å². The van der Waals surface area contributed by atoms with Crippen LogP contribution >= 0.6 is 11.8 Å². The molecular weight excluding hydrogens is 420 g/mol. The third-order valence-electron chi connectivity index (χ3n) is 5.18. The molecule has 0 radical (unpaired) electrons. The quantitative estimate of drug-likeness (QED) is 0.341. The van der Waals surface area contributed by atoms with E-state index in [1.165, 1.54) is 22.9 Å². The van der Waals surface area contributed by atoms with Crippen LogP contribution in [-0.4, -0.2) is 26.4 Å². The first-order chi connectivity index (χ1) is 15.3. The molecule has 1 heterocycles. The number of hydrogen-bond donors (Lipinski definition) is 1. The Balaban J connectivity index is 1.68. The first-order valence-corrected chi connectivity index (χ1v) is 11.5. The fourth-order valence-electron chi connectivity index (χ4n) is 3.33. The average molecular weight is 451 g/mol. The number of carbonyl (C=O) groups excluding carboxylic acids is 1. The summed E-state index contributed by atoms with van der Waals surface area (Å²) in [6.07, 6.45) is 1.48. The Bertz CT molecular complexity index is 1120. The largest absolute Gasteiger partial charge is 0.482 e. The number of ether oxygens (including phenoxy) is 1. The van der Waals surface area contributed by atoms with Gasteiger partial charge in [0, 0.05) is 12.2 Å². The van der Waals surface area contributed by atoms with Crippen molar-refractivity contribution in [2.24, 2.45) is 0 Å². The van der Waals surface area contributed by atoms with Crippen molar-refractivity contribution in [3.8, 4) is 5.75 Å². The highest BCUT2D eigenvalue weighted by Crippen LogP contribution is 2.27. The molecule has 1 aromatic heterocycles. The lowest BCUT2D eigenvalue weighted by Crippen LogP contribution is -2.15. The van der Waals surface area contributed by atoms with E-state index in [0.29, 0.717) is 17.5 Å². The number of rotatable bonds is 9. The van der Waals surface area contributed by atoms with Gasteiger partial charge in [-0.3, -0.25) is 9.36 Å². The molecule has 1 N–H and O–H groups in total. The van der Waals surface area contributed by atoms with Crippen molar-refractivity contribution >= 4 is 23.4 Å². The molecule has 2 aromatic carbocycles. The molecule has 6 nitrogen and oxygen atoms in total. The van der Waals surface area contributed by atoms with Crippen molar-refractivity contribution in [1.82, 2.24) is 14.8 Å². The summed E-state index contributed by atoms with van der Waals surface area (Å²) in [4.78, 5) is 12.5. The summed E-state index contributed by atoms with van der Waals surface area (Å²) in [7, 11) is 0. The van der Waals surface area contributed by atoms with Crippen molar-refractivity contribution in [2.75, 3.05) is 11.1 Å². The Kier molecular flexibility index (Phi) is 7.75. The second-order valence-corrected chi connectivity index (χ2v) is 8.85. The third-order valence-corrected chi connectivity index (χ3v) is 6.14. The van der Waals surface area contributed by atoms with Gasteiger partial charge in [0.25, 0.3) is 0 Å². The van der Waals surface area contributed by atoms with Gasteiger partial charge in [0.05, 0.1) is 5.75 Å². The highest BCUT2D eigenvalue weighted by atomic mass is 32.2. The number of aryl methyl sites for hydroxylation is 4. The fraction of sp³-hybridized carbons (Fsp3) is 0.320. The lowest BCUT2D eigenvalue weighted by atomic mass is 10.1. The minimum absolute atomic E-state index is 0.0902. The van der Waals surface area contributed by atoms with Gasteiger partial charge < -0.3 is 10.1 Å². The number of anilines is 1. The molecule has 0 aliphatic rings. The number of aromatic nitrogens is 3. The van der Waals surface area contributed by atoms with Gasteiger partial charge in [0.2, 0.25) is 5.91 Å². The number of benzene rings is 2. The lowest BCUT2D eigenvalue weighted by Gasteiger charge is -2.17. The summed E-state index contributed by atoms with van der Waals surface area (Å²) < 4.78 is 8.11. The van der Waals surface area contributed by atoms with Gasteiger partial charge in [-0.15, -0.1) is 16.8 Å². The molecule has 0 spiro atoms.